The van der Waals surface area contributed by atoms with Gasteiger partial charge in [-0.05, 0) is 83.1 Å². The van der Waals surface area contributed by atoms with Gasteiger partial charge >= 0.3 is 5.97 Å². The monoisotopic (exact) mass is 1040 g/mol. The minimum atomic E-state index is -4.72. The number of hydrogen-bond donors (Lipinski definition) is 1. The number of amides is 1. The molecule has 0 saturated carbocycles. The van der Waals surface area contributed by atoms with E-state index in [4.69, 9.17) is 13.8 Å². The number of allylic oxidation sites excluding steroid dienone is 17. The average molecular weight is 1040 g/mol. The highest BCUT2D eigenvalue weighted by Crippen LogP contribution is 2.38. The number of quaternary nitrogens is 1. The maximum absolute atomic E-state index is 13.5. The molecule has 0 aromatic carbocycles. The number of rotatable bonds is 51. The third-order valence-corrected chi connectivity index (χ3v) is 13.3. The Bertz CT molecular complexity index is 1620. The standard InChI is InChI=1S/C63H109N2O7P/c1-7-10-13-16-19-22-25-28-30-32-34-37-40-43-46-49-52-55-62(66)64-60(59-71-73(68,69)70-58-57-65(4,5)6)61(54-51-48-45-42-39-36-27-24-21-18-15-12-9-3)72-63(67)56-53-50-47-44-41-38-35-33-31-29-26-23-20-17-14-11-8-2/h11,14,17,19-20,22-23,26,28-31,33,35,38,41,51,54,60-61H,7-10,12-13,15-16,18,21,24-25,27,32,34,36-37,39-40,42-50,52-53,55-59H2,1-6H3,(H-,64,66,68,69)/b14-11-,20-17+,22-19-,26-23+,30-28-,31-29-,35-33+,41-38+,54-51+. The summed E-state index contributed by atoms with van der Waals surface area (Å²) in [5.41, 5.74) is 0. The molecule has 0 bridgehead atoms. The van der Waals surface area contributed by atoms with Crippen LogP contribution in [0.3, 0.4) is 0 Å². The summed E-state index contributed by atoms with van der Waals surface area (Å²) in [4.78, 5) is 39.9. The molecule has 3 atom stereocenters. The van der Waals surface area contributed by atoms with Crippen LogP contribution in [0.1, 0.15) is 226 Å². The summed E-state index contributed by atoms with van der Waals surface area (Å²) in [6.45, 7) is 6.62. The maximum Gasteiger partial charge on any atom is 0.306 e. The lowest BCUT2D eigenvalue weighted by Crippen LogP contribution is -2.47. The van der Waals surface area contributed by atoms with Crippen molar-refractivity contribution >= 4 is 19.7 Å². The first-order chi connectivity index (χ1) is 35.4. The van der Waals surface area contributed by atoms with E-state index in [0.717, 1.165) is 83.5 Å². The number of carbonyl (C=O) groups excluding carboxylic acids is 2. The van der Waals surface area contributed by atoms with Crippen LogP contribution in [-0.2, 0) is 27.9 Å². The van der Waals surface area contributed by atoms with Gasteiger partial charge < -0.3 is 28.5 Å². The molecule has 0 aromatic rings. The van der Waals surface area contributed by atoms with E-state index >= 15 is 0 Å². The Kier molecular flexibility index (Phi) is 49.7. The smallest absolute Gasteiger partial charge is 0.306 e. The van der Waals surface area contributed by atoms with Crippen LogP contribution in [-0.4, -0.2) is 69.4 Å². The second-order valence-corrected chi connectivity index (χ2v) is 22.0. The molecule has 3 unspecified atom stereocenters. The minimum Gasteiger partial charge on any atom is -0.756 e. The highest BCUT2D eigenvalue weighted by molar-refractivity contribution is 7.45. The average Bonchev–Trinajstić information content (AvgIpc) is 3.35. The van der Waals surface area contributed by atoms with Gasteiger partial charge in [0, 0.05) is 12.8 Å². The van der Waals surface area contributed by atoms with Gasteiger partial charge in [-0.3, -0.25) is 14.2 Å². The first kappa shape index (κ1) is 69.7. The molecular weight excluding hydrogens is 928 g/mol. The Hall–Kier alpha value is -3.33. The van der Waals surface area contributed by atoms with E-state index in [1.165, 1.54) is 103 Å². The molecule has 0 saturated heterocycles. The molecule has 0 heterocycles. The first-order valence-corrected chi connectivity index (χ1v) is 30.7. The number of nitrogens with one attached hydrogen (secondary N) is 1. The van der Waals surface area contributed by atoms with Gasteiger partial charge in [0.25, 0.3) is 7.82 Å². The van der Waals surface area contributed by atoms with Crippen LogP contribution in [0.4, 0.5) is 0 Å². The zero-order valence-corrected chi connectivity index (χ0v) is 48.4. The third kappa shape index (κ3) is 53.3. The van der Waals surface area contributed by atoms with E-state index in [1.54, 1.807) is 0 Å². The summed E-state index contributed by atoms with van der Waals surface area (Å²) in [5.74, 6) is -0.608. The summed E-state index contributed by atoms with van der Waals surface area (Å²) < 4.78 is 30.2. The Labute approximate surface area is 449 Å². The molecular formula is C63H109N2O7P. The van der Waals surface area contributed by atoms with Crippen LogP contribution in [0.2, 0.25) is 0 Å². The SMILES string of the molecule is CC\C=C/C=C/C=C/C=C\C=C\C=C\CCCCCC(=O)OC(/C=C/CCCCCCCCCCCCC)C(COP(=O)([O-])OCC[N+](C)(C)C)NC(=O)CCCCCCCCC/C=C\C/C=C\CCCCC. The van der Waals surface area contributed by atoms with E-state index in [2.05, 4.69) is 62.5 Å². The second-order valence-electron chi connectivity index (χ2n) is 20.6. The molecule has 0 aliphatic carbocycles. The molecule has 0 aliphatic heterocycles. The fourth-order valence-corrected chi connectivity index (χ4v) is 8.54. The molecule has 0 aromatic heterocycles. The second kappa shape index (κ2) is 52.1. The highest BCUT2D eigenvalue weighted by atomic mass is 31.2. The van der Waals surface area contributed by atoms with Crippen LogP contribution < -0.4 is 10.2 Å². The summed E-state index contributed by atoms with van der Waals surface area (Å²) in [5, 5.41) is 3.01. The molecule has 1 amide bonds. The van der Waals surface area contributed by atoms with Gasteiger partial charge in [0.1, 0.15) is 19.3 Å². The molecule has 0 aliphatic rings. The topological polar surface area (TPSA) is 114 Å². The van der Waals surface area contributed by atoms with Crippen molar-refractivity contribution in [1.82, 2.24) is 5.32 Å². The number of ether oxygens (including phenoxy) is 1. The number of hydrogen-bond acceptors (Lipinski definition) is 7. The first-order valence-electron chi connectivity index (χ1n) is 29.3. The number of phosphoric ester groups is 1. The zero-order chi connectivity index (χ0) is 53.6. The van der Waals surface area contributed by atoms with Crippen molar-refractivity contribution in [3.63, 3.8) is 0 Å². The molecule has 10 heteroatoms. The van der Waals surface area contributed by atoms with Crippen molar-refractivity contribution in [2.75, 3.05) is 40.9 Å². The van der Waals surface area contributed by atoms with Gasteiger partial charge in [-0.1, -0.05) is 240 Å². The lowest BCUT2D eigenvalue weighted by Gasteiger charge is -2.30. The Morgan fingerprint density at radius 3 is 1.47 bits per heavy atom. The third-order valence-electron chi connectivity index (χ3n) is 12.3. The van der Waals surface area contributed by atoms with Gasteiger partial charge in [0.2, 0.25) is 5.91 Å². The van der Waals surface area contributed by atoms with Gasteiger partial charge in [0.15, 0.2) is 0 Å². The number of likely N-dealkylation sites (N-methyl/N-ethyl adjacent to an activating group) is 1. The summed E-state index contributed by atoms with van der Waals surface area (Å²) >= 11 is 0. The van der Waals surface area contributed by atoms with Gasteiger partial charge in [0.05, 0.1) is 33.8 Å². The van der Waals surface area contributed by atoms with Gasteiger partial charge in [-0.2, -0.15) is 0 Å². The van der Waals surface area contributed by atoms with Crippen LogP contribution in [0.25, 0.3) is 0 Å². The van der Waals surface area contributed by atoms with Crippen molar-refractivity contribution in [3.05, 3.63) is 109 Å². The van der Waals surface area contributed by atoms with Crippen LogP contribution in [0, 0.1) is 0 Å². The van der Waals surface area contributed by atoms with E-state index in [0.29, 0.717) is 23.9 Å². The summed E-state index contributed by atoms with van der Waals surface area (Å²) in [6, 6.07) is -0.918. The Morgan fingerprint density at radius 1 is 0.507 bits per heavy atom. The molecule has 73 heavy (non-hydrogen) atoms. The maximum atomic E-state index is 13.5. The summed E-state index contributed by atoms with van der Waals surface area (Å²) in [6.07, 6.45) is 70.4. The number of unbranched alkanes of at least 4 members (excludes halogenated alkanes) is 24. The number of phosphoric acid groups is 1. The Morgan fingerprint density at radius 2 is 0.932 bits per heavy atom. The van der Waals surface area contributed by atoms with Crippen molar-refractivity contribution in [1.29, 1.82) is 0 Å². The quantitative estimate of drug-likeness (QED) is 0.0161. The van der Waals surface area contributed by atoms with Crippen molar-refractivity contribution < 1.29 is 37.3 Å². The van der Waals surface area contributed by atoms with Gasteiger partial charge in [-0.25, -0.2) is 0 Å². The number of carbonyl (C=O) groups is 2. The van der Waals surface area contributed by atoms with Crippen molar-refractivity contribution in [3.8, 4) is 0 Å². The van der Waals surface area contributed by atoms with E-state index < -0.39 is 26.6 Å². The molecule has 0 radical (unpaired) electrons. The van der Waals surface area contributed by atoms with Crippen molar-refractivity contribution in [2.24, 2.45) is 0 Å². The van der Waals surface area contributed by atoms with Crippen LogP contribution >= 0.6 is 7.82 Å². The van der Waals surface area contributed by atoms with Crippen LogP contribution in [0.15, 0.2) is 109 Å². The van der Waals surface area contributed by atoms with E-state index in [1.807, 2.05) is 94.1 Å². The normalized spacial score (nSPS) is 14.6. The lowest BCUT2D eigenvalue weighted by molar-refractivity contribution is -0.870. The predicted molar refractivity (Wildman–Crippen MR) is 311 cm³/mol. The molecule has 9 nitrogen and oxygen atoms in total. The minimum absolute atomic E-state index is 0.0373. The van der Waals surface area contributed by atoms with Crippen molar-refractivity contribution in [2.45, 2.75) is 238 Å². The number of nitrogens with zero attached hydrogens (tertiary/aromatic N) is 1. The fourth-order valence-electron chi connectivity index (χ4n) is 7.82. The highest BCUT2D eigenvalue weighted by Gasteiger charge is 2.27. The molecule has 0 rings (SSSR count). The number of esters is 1. The lowest BCUT2D eigenvalue weighted by atomic mass is 10.0. The van der Waals surface area contributed by atoms with Gasteiger partial charge in [-0.15, -0.1) is 0 Å². The fraction of sp³-hybridized carbons (Fsp3) is 0.683. The molecule has 0 fully saturated rings. The zero-order valence-electron chi connectivity index (χ0n) is 47.5. The Balaban J connectivity index is 5.47. The summed E-state index contributed by atoms with van der Waals surface area (Å²) in [7, 11) is 1.14. The van der Waals surface area contributed by atoms with E-state index in [-0.39, 0.29) is 24.9 Å². The molecule has 1 N–H and O–H groups in total. The predicted octanol–water partition coefficient (Wildman–Crippen LogP) is 17.1. The molecule has 418 valence electrons. The van der Waals surface area contributed by atoms with E-state index in [9.17, 15) is 19.0 Å². The molecule has 0 spiro atoms. The largest absolute Gasteiger partial charge is 0.756 e. The van der Waals surface area contributed by atoms with Crippen LogP contribution in [0.5, 0.6) is 0 Å².